The van der Waals surface area contributed by atoms with Crippen LogP contribution in [0.5, 0.6) is 0 Å². The van der Waals surface area contributed by atoms with Crippen molar-refractivity contribution in [3.63, 3.8) is 0 Å². The smallest absolute Gasteiger partial charge is 0.264 e. The van der Waals surface area contributed by atoms with E-state index in [0.29, 0.717) is 5.92 Å². The van der Waals surface area contributed by atoms with Crippen molar-refractivity contribution in [2.24, 2.45) is 11.7 Å². The van der Waals surface area contributed by atoms with E-state index in [9.17, 15) is 4.79 Å². The lowest BCUT2D eigenvalue weighted by Gasteiger charge is -2.34. The number of carbonyl (C=O) groups is 1. The second-order valence-electron chi connectivity index (χ2n) is 6.06. The zero-order chi connectivity index (χ0) is 15.0. The van der Waals surface area contributed by atoms with Gasteiger partial charge < -0.3 is 10.6 Å². The quantitative estimate of drug-likeness (QED) is 0.904. The molecule has 1 saturated heterocycles. The lowest BCUT2D eigenvalue weighted by atomic mass is 9.92. The second kappa shape index (κ2) is 6.99. The largest absolute Gasteiger partial charge is 0.338 e. The van der Waals surface area contributed by atoms with Gasteiger partial charge in [0.15, 0.2) is 0 Å². The number of halogens is 1. The van der Waals surface area contributed by atoms with Gasteiger partial charge >= 0.3 is 0 Å². The van der Waals surface area contributed by atoms with Crippen LogP contribution in [0.25, 0.3) is 10.1 Å². The Kier molecular flexibility index (Phi) is 5.48. The van der Waals surface area contributed by atoms with Crippen LogP contribution in [-0.2, 0) is 0 Å². The number of amides is 1. The third kappa shape index (κ3) is 3.14. The first-order valence-electron chi connectivity index (χ1n) is 7.61. The number of nitrogens with two attached hydrogens (primary N) is 1. The van der Waals surface area contributed by atoms with E-state index in [1.54, 1.807) is 11.3 Å². The molecule has 1 amide bonds. The van der Waals surface area contributed by atoms with Crippen LogP contribution >= 0.6 is 23.7 Å². The Morgan fingerprint density at radius 1 is 1.41 bits per heavy atom. The lowest BCUT2D eigenvalue weighted by Crippen LogP contribution is -2.45. The number of thiophene rings is 1. The van der Waals surface area contributed by atoms with E-state index in [-0.39, 0.29) is 24.4 Å². The van der Waals surface area contributed by atoms with Crippen LogP contribution in [0.2, 0.25) is 0 Å². The molecule has 0 bridgehead atoms. The average Bonchev–Trinajstić information content (AvgIpc) is 2.84. The Labute approximate surface area is 141 Å². The fourth-order valence-corrected chi connectivity index (χ4v) is 4.32. The number of rotatable bonds is 2. The van der Waals surface area contributed by atoms with Crippen molar-refractivity contribution < 1.29 is 4.79 Å². The van der Waals surface area contributed by atoms with Crippen LogP contribution in [-0.4, -0.2) is 29.9 Å². The molecule has 1 aliphatic rings. The van der Waals surface area contributed by atoms with Crippen LogP contribution in [0, 0.1) is 12.8 Å². The van der Waals surface area contributed by atoms with Gasteiger partial charge in [-0.1, -0.05) is 18.2 Å². The molecular formula is C17H23ClN2OS. The normalized spacial score (nSPS) is 19.8. The number of benzene rings is 1. The van der Waals surface area contributed by atoms with E-state index >= 15 is 0 Å². The van der Waals surface area contributed by atoms with Crippen molar-refractivity contribution in [1.82, 2.24) is 4.90 Å². The number of aryl methyl sites for hydroxylation is 1. The van der Waals surface area contributed by atoms with Crippen molar-refractivity contribution in [3.8, 4) is 0 Å². The molecule has 3 nitrogen and oxygen atoms in total. The highest BCUT2D eigenvalue weighted by Crippen LogP contribution is 2.32. The van der Waals surface area contributed by atoms with Gasteiger partial charge in [0.05, 0.1) is 4.88 Å². The molecule has 0 radical (unpaired) electrons. The van der Waals surface area contributed by atoms with E-state index in [1.165, 1.54) is 10.1 Å². The zero-order valence-electron chi connectivity index (χ0n) is 13.0. The van der Waals surface area contributed by atoms with Crippen LogP contribution in [0.4, 0.5) is 0 Å². The summed E-state index contributed by atoms with van der Waals surface area (Å²) in [6, 6.07) is 8.40. The molecule has 2 N–H and O–H groups in total. The van der Waals surface area contributed by atoms with Gasteiger partial charge in [0.2, 0.25) is 0 Å². The minimum absolute atomic E-state index is 0. The molecule has 2 atom stereocenters. The number of piperidine rings is 1. The van der Waals surface area contributed by atoms with Crippen molar-refractivity contribution >= 4 is 39.7 Å². The van der Waals surface area contributed by atoms with Crippen LogP contribution in [0.15, 0.2) is 24.3 Å². The number of hydrogen-bond donors (Lipinski definition) is 1. The summed E-state index contributed by atoms with van der Waals surface area (Å²) in [5.74, 6) is 0.608. The molecule has 0 aliphatic carbocycles. The molecule has 2 heterocycles. The average molecular weight is 339 g/mol. The minimum Gasteiger partial charge on any atom is -0.338 e. The monoisotopic (exact) mass is 338 g/mol. The summed E-state index contributed by atoms with van der Waals surface area (Å²) in [5.41, 5.74) is 7.14. The van der Waals surface area contributed by atoms with E-state index in [2.05, 4.69) is 19.1 Å². The topological polar surface area (TPSA) is 46.3 Å². The van der Waals surface area contributed by atoms with Gasteiger partial charge in [-0.25, -0.2) is 0 Å². The van der Waals surface area contributed by atoms with Gasteiger partial charge in [-0.2, -0.15) is 0 Å². The predicted molar refractivity (Wildman–Crippen MR) is 96.1 cm³/mol. The lowest BCUT2D eigenvalue weighted by molar-refractivity contribution is 0.0665. The summed E-state index contributed by atoms with van der Waals surface area (Å²) in [7, 11) is 0. The molecule has 0 saturated carbocycles. The standard InChI is InChI=1S/C17H22N2OS.ClH/c1-11-14-7-3-4-8-15(14)21-16(11)17(20)19-9-5-6-13(10-19)12(2)18;/h3-4,7-8,12-13H,5-6,9-10,18H2,1-2H3;1H. The first-order valence-corrected chi connectivity index (χ1v) is 8.42. The molecule has 2 unspecified atom stereocenters. The van der Waals surface area contributed by atoms with Gasteiger partial charge in [-0.3, -0.25) is 4.79 Å². The number of likely N-dealkylation sites (tertiary alicyclic amines) is 1. The van der Waals surface area contributed by atoms with Crippen LogP contribution in [0.3, 0.4) is 0 Å². The summed E-state index contributed by atoms with van der Waals surface area (Å²) in [6.45, 7) is 5.75. The van der Waals surface area contributed by atoms with Gasteiger partial charge in [0.1, 0.15) is 0 Å². The minimum atomic E-state index is 0. The molecule has 1 aliphatic heterocycles. The summed E-state index contributed by atoms with van der Waals surface area (Å²) in [4.78, 5) is 15.7. The Balaban J connectivity index is 0.00000176. The number of fused-ring (bicyclic) bond motifs is 1. The molecule has 22 heavy (non-hydrogen) atoms. The summed E-state index contributed by atoms with van der Waals surface area (Å²) in [6.07, 6.45) is 2.19. The van der Waals surface area contributed by atoms with Crippen molar-refractivity contribution in [1.29, 1.82) is 0 Å². The predicted octanol–water partition coefficient (Wildman–Crippen LogP) is 3.83. The molecular weight excluding hydrogens is 316 g/mol. The molecule has 0 spiro atoms. The molecule has 1 fully saturated rings. The maximum Gasteiger partial charge on any atom is 0.264 e. The van der Waals surface area contributed by atoms with Gasteiger partial charge in [-0.15, -0.1) is 23.7 Å². The van der Waals surface area contributed by atoms with Gasteiger partial charge in [0.25, 0.3) is 5.91 Å². The van der Waals surface area contributed by atoms with Gasteiger partial charge in [-0.05, 0) is 49.6 Å². The summed E-state index contributed by atoms with van der Waals surface area (Å²) >= 11 is 1.61. The molecule has 1 aromatic heterocycles. The first-order chi connectivity index (χ1) is 10.1. The Morgan fingerprint density at radius 2 is 2.14 bits per heavy atom. The van der Waals surface area contributed by atoms with Crippen molar-refractivity contribution in [3.05, 3.63) is 34.7 Å². The zero-order valence-corrected chi connectivity index (χ0v) is 14.7. The third-order valence-corrected chi connectivity index (χ3v) is 5.79. The van der Waals surface area contributed by atoms with Crippen LogP contribution < -0.4 is 5.73 Å². The maximum atomic E-state index is 12.9. The van der Waals surface area contributed by atoms with E-state index < -0.39 is 0 Å². The fraction of sp³-hybridized carbons (Fsp3) is 0.471. The van der Waals surface area contributed by atoms with Crippen molar-refractivity contribution in [2.45, 2.75) is 32.7 Å². The highest BCUT2D eigenvalue weighted by molar-refractivity contribution is 7.21. The maximum absolute atomic E-state index is 12.9. The Hall–Kier alpha value is -1.10. The highest BCUT2D eigenvalue weighted by Gasteiger charge is 2.28. The SMILES string of the molecule is Cc1c(C(=O)N2CCCC(C(C)N)C2)sc2ccccc12.Cl. The highest BCUT2D eigenvalue weighted by atomic mass is 35.5. The summed E-state index contributed by atoms with van der Waals surface area (Å²) < 4.78 is 1.19. The Bertz CT molecular complexity index is 668. The summed E-state index contributed by atoms with van der Waals surface area (Å²) in [5, 5.41) is 1.20. The van der Waals surface area contributed by atoms with E-state index in [0.717, 1.165) is 36.4 Å². The molecule has 1 aromatic carbocycles. The first kappa shape index (κ1) is 17.3. The molecule has 5 heteroatoms. The Morgan fingerprint density at radius 3 is 2.82 bits per heavy atom. The fourth-order valence-electron chi connectivity index (χ4n) is 3.15. The van der Waals surface area contributed by atoms with Gasteiger partial charge in [0, 0.05) is 23.8 Å². The molecule has 2 aromatic rings. The second-order valence-corrected chi connectivity index (χ2v) is 7.12. The van der Waals surface area contributed by atoms with E-state index in [4.69, 9.17) is 5.73 Å². The van der Waals surface area contributed by atoms with Crippen LogP contribution in [0.1, 0.15) is 35.0 Å². The molecule has 3 rings (SSSR count). The number of carbonyl (C=O) groups excluding carboxylic acids is 1. The van der Waals surface area contributed by atoms with E-state index in [1.807, 2.05) is 24.0 Å². The third-order valence-electron chi connectivity index (χ3n) is 4.53. The molecule has 120 valence electrons. The number of nitrogens with zero attached hydrogens (tertiary/aromatic N) is 1. The van der Waals surface area contributed by atoms with Crippen molar-refractivity contribution in [2.75, 3.05) is 13.1 Å². The number of hydrogen-bond acceptors (Lipinski definition) is 3.